The molecule has 3 aromatic carbocycles. The average Bonchev–Trinajstić information content (AvgIpc) is 3.31. The van der Waals surface area contributed by atoms with Crippen LogP contribution in [0.3, 0.4) is 0 Å². The van der Waals surface area contributed by atoms with Gasteiger partial charge in [-0.3, -0.25) is 20.4 Å². The minimum absolute atomic E-state index is 0.0881. The van der Waals surface area contributed by atoms with E-state index in [1.807, 2.05) is 78.9 Å². The molecule has 0 atom stereocenters. The molecule has 32 heavy (non-hydrogen) atoms. The van der Waals surface area contributed by atoms with Gasteiger partial charge in [-0.25, -0.2) is 4.68 Å². The molecule has 0 aliphatic carbocycles. The van der Waals surface area contributed by atoms with Gasteiger partial charge in [0.15, 0.2) is 6.61 Å². The number of carbonyl (C=O) groups excluding carboxylic acids is 2. The fourth-order valence-electron chi connectivity index (χ4n) is 3.17. The first-order chi connectivity index (χ1) is 15.7. The highest BCUT2D eigenvalue weighted by atomic mass is 16.5. The molecular formula is C25H22N4O3. The fourth-order valence-corrected chi connectivity index (χ4v) is 3.17. The van der Waals surface area contributed by atoms with E-state index in [9.17, 15) is 9.59 Å². The van der Waals surface area contributed by atoms with E-state index in [-0.39, 0.29) is 18.9 Å². The first-order valence-corrected chi connectivity index (χ1v) is 10.1. The molecule has 0 bridgehead atoms. The average molecular weight is 426 g/mol. The molecule has 7 heteroatoms. The molecule has 0 fully saturated rings. The topological polar surface area (TPSA) is 85.2 Å². The molecular weight excluding hydrogens is 404 g/mol. The predicted molar refractivity (Wildman–Crippen MR) is 121 cm³/mol. The molecule has 0 aliphatic rings. The van der Waals surface area contributed by atoms with Crippen LogP contribution in [0.5, 0.6) is 5.75 Å². The normalized spacial score (nSPS) is 10.4. The number of aromatic nitrogens is 2. The van der Waals surface area contributed by atoms with Crippen molar-refractivity contribution in [3.8, 4) is 22.6 Å². The van der Waals surface area contributed by atoms with Gasteiger partial charge in [-0.15, -0.1) is 0 Å². The molecule has 4 aromatic rings. The molecule has 2 amide bonds. The highest BCUT2D eigenvalue weighted by Crippen LogP contribution is 2.29. The minimum atomic E-state index is -0.457. The third-order valence-corrected chi connectivity index (χ3v) is 4.69. The van der Waals surface area contributed by atoms with Crippen LogP contribution in [-0.4, -0.2) is 28.2 Å². The summed E-state index contributed by atoms with van der Waals surface area (Å²) in [5.74, 6) is -0.217. The number of nitrogens with one attached hydrogen (secondary N) is 2. The maximum Gasteiger partial charge on any atom is 0.276 e. The molecule has 0 spiro atoms. The van der Waals surface area contributed by atoms with Crippen LogP contribution in [0.2, 0.25) is 0 Å². The van der Waals surface area contributed by atoms with Crippen LogP contribution in [0.1, 0.15) is 5.56 Å². The highest BCUT2D eigenvalue weighted by Gasteiger charge is 2.10. The molecule has 1 aromatic heterocycles. The van der Waals surface area contributed by atoms with Gasteiger partial charge in [0, 0.05) is 11.8 Å². The highest BCUT2D eigenvalue weighted by molar-refractivity contribution is 5.84. The van der Waals surface area contributed by atoms with Crippen LogP contribution >= 0.6 is 0 Å². The van der Waals surface area contributed by atoms with Crippen molar-refractivity contribution in [2.45, 2.75) is 6.42 Å². The lowest BCUT2D eigenvalue weighted by atomic mass is 10.1. The Morgan fingerprint density at radius 1 is 0.812 bits per heavy atom. The van der Waals surface area contributed by atoms with Gasteiger partial charge in [-0.1, -0.05) is 66.7 Å². The summed E-state index contributed by atoms with van der Waals surface area (Å²) in [5.41, 5.74) is 8.30. The zero-order chi connectivity index (χ0) is 22.2. The Balaban J connectivity index is 1.26. The Hall–Kier alpha value is -4.39. The van der Waals surface area contributed by atoms with Crippen LogP contribution < -0.4 is 15.6 Å². The van der Waals surface area contributed by atoms with Crippen LogP contribution in [-0.2, 0) is 16.0 Å². The standard InChI is InChI=1S/C25H22N4O3/c30-24(15-19-16-26-29(17-19)21-11-5-2-6-12-21)27-28-25(31)18-32-23-14-8-7-13-22(23)20-9-3-1-4-10-20/h1-14,16-17H,15,18H2,(H,27,30)(H,28,31). The summed E-state index contributed by atoms with van der Waals surface area (Å²) in [5, 5.41) is 4.26. The predicted octanol–water partition coefficient (Wildman–Crippen LogP) is 3.31. The number of nitrogens with zero attached hydrogens (tertiary/aromatic N) is 2. The van der Waals surface area contributed by atoms with Crippen molar-refractivity contribution in [1.29, 1.82) is 0 Å². The molecule has 0 saturated heterocycles. The van der Waals surface area contributed by atoms with E-state index in [1.165, 1.54) is 0 Å². The summed E-state index contributed by atoms with van der Waals surface area (Å²) in [4.78, 5) is 24.3. The van der Waals surface area contributed by atoms with E-state index >= 15 is 0 Å². The van der Waals surface area contributed by atoms with Crippen molar-refractivity contribution in [2.75, 3.05) is 6.61 Å². The summed E-state index contributed by atoms with van der Waals surface area (Å²) in [6.45, 7) is -0.226. The zero-order valence-electron chi connectivity index (χ0n) is 17.3. The van der Waals surface area contributed by atoms with Gasteiger partial charge in [0.2, 0.25) is 5.91 Å². The number of hydrogen-bond acceptors (Lipinski definition) is 4. The maximum atomic E-state index is 12.2. The van der Waals surface area contributed by atoms with Crippen molar-refractivity contribution in [2.24, 2.45) is 0 Å². The second-order valence-corrected chi connectivity index (χ2v) is 7.05. The molecule has 4 rings (SSSR count). The smallest absolute Gasteiger partial charge is 0.276 e. The molecule has 2 N–H and O–H groups in total. The quantitative estimate of drug-likeness (QED) is 0.444. The Kier molecular flexibility index (Phi) is 6.57. The van der Waals surface area contributed by atoms with Gasteiger partial charge in [-0.05, 0) is 29.3 Å². The summed E-state index contributed by atoms with van der Waals surface area (Å²) in [6.07, 6.45) is 3.49. The number of carbonyl (C=O) groups is 2. The number of hydrazine groups is 1. The van der Waals surface area contributed by atoms with E-state index in [2.05, 4.69) is 16.0 Å². The fraction of sp³-hybridized carbons (Fsp3) is 0.0800. The van der Waals surface area contributed by atoms with Crippen molar-refractivity contribution in [1.82, 2.24) is 20.6 Å². The second-order valence-electron chi connectivity index (χ2n) is 7.05. The van der Waals surface area contributed by atoms with E-state index in [0.717, 1.165) is 22.4 Å². The van der Waals surface area contributed by atoms with E-state index < -0.39 is 5.91 Å². The second kappa shape index (κ2) is 10.1. The third-order valence-electron chi connectivity index (χ3n) is 4.69. The Morgan fingerprint density at radius 2 is 1.47 bits per heavy atom. The number of hydrogen-bond donors (Lipinski definition) is 2. The molecule has 0 unspecified atom stereocenters. The first kappa shape index (κ1) is 20.9. The van der Waals surface area contributed by atoms with Crippen molar-refractivity contribution < 1.29 is 14.3 Å². The van der Waals surface area contributed by atoms with Gasteiger partial charge in [0.1, 0.15) is 5.75 Å². The van der Waals surface area contributed by atoms with Gasteiger partial charge in [0.25, 0.3) is 5.91 Å². The number of amides is 2. The SMILES string of the molecule is O=C(COc1ccccc1-c1ccccc1)NNC(=O)Cc1cnn(-c2ccccc2)c1. The minimum Gasteiger partial charge on any atom is -0.483 e. The Bertz CT molecular complexity index is 1190. The number of benzene rings is 3. The molecule has 0 aliphatic heterocycles. The summed E-state index contributed by atoms with van der Waals surface area (Å²) < 4.78 is 7.37. The van der Waals surface area contributed by atoms with Gasteiger partial charge >= 0.3 is 0 Å². The summed E-state index contributed by atoms with van der Waals surface area (Å²) >= 11 is 0. The number of rotatable bonds is 7. The third kappa shape index (κ3) is 5.40. The molecule has 0 radical (unpaired) electrons. The number of para-hydroxylation sites is 2. The molecule has 0 saturated carbocycles. The number of ether oxygens (including phenoxy) is 1. The Morgan fingerprint density at radius 3 is 2.25 bits per heavy atom. The first-order valence-electron chi connectivity index (χ1n) is 10.1. The lowest BCUT2D eigenvalue weighted by Gasteiger charge is -2.12. The van der Waals surface area contributed by atoms with Crippen molar-refractivity contribution in [3.05, 3.63) is 103 Å². The zero-order valence-corrected chi connectivity index (χ0v) is 17.3. The monoisotopic (exact) mass is 426 g/mol. The largest absolute Gasteiger partial charge is 0.483 e. The Labute approximate surface area is 185 Å². The van der Waals surface area contributed by atoms with Crippen LogP contribution in [0.25, 0.3) is 16.8 Å². The lowest BCUT2D eigenvalue weighted by Crippen LogP contribution is -2.44. The van der Waals surface area contributed by atoms with Crippen LogP contribution in [0.4, 0.5) is 0 Å². The van der Waals surface area contributed by atoms with Crippen molar-refractivity contribution >= 4 is 11.8 Å². The van der Waals surface area contributed by atoms with Crippen molar-refractivity contribution in [3.63, 3.8) is 0 Å². The molecule has 7 nitrogen and oxygen atoms in total. The van der Waals surface area contributed by atoms with Crippen LogP contribution in [0, 0.1) is 0 Å². The molecule has 1 heterocycles. The maximum absolute atomic E-state index is 12.2. The van der Waals surface area contributed by atoms with E-state index in [4.69, 9.17) is 4.74 Å². The summed E-state index contributed by atoms with van der Waals surface area (Å²) in [6, 6.07) is 26.9. The van der Waals surface area contributed by atoms with Gasteiger partial charge < -0.3 is 4.74 Å². The molecule has 160 valence electrons. The van der Waals surface area contributed by atoms with E-state index in [0.29, 0.717) is 5.75 Å². The summed E-state index contributed by atoms with van der Waals surface area (Å²) in [7, 11) is 0. The lowest BCUT2D eigenvalue weighted by molar-refractivity contribution is -0.129. The van der Waals surface area contributed by atoms with Gasteiger partial charge in [-0.2, -0.15) is 5.10 Å². The van der Waals surface area contributed by atoms with Gasteiger partial charge in [0.05, 0.1) is 18.3 Å². The van der Waals surface area contributed by atoms with Crippen LogP contribution in [0.15, 0.2) is 97.3 Å². The van der Waals surface area contributed by atoms with E-state index in [1.54, 1.807) is 23.1 Å².